The third-order valence-electron chi connectivity index (χ3n) is 4.30. The number of likely N-dealkylation sites (tertiary alicyclic amines) is 1. The fourth-order valence-electron chi connectivity index (χ4n) is 3.01. The van der Waals surface area contributed by atoms with Gasteiger partial charge in [-0.25, -0.2) is 9.37 Å². The summed E-state index contributed by atoms with van der Waals surface area (Å²) in [4.78, 5) is 18.9. The van der Waals surface area contributed by atoms with Gasteiger partial charge in [-0.15, -0.1) is 11.3 Å². The Morgan fingerprint density at radius 2 is 2.17 bits per heavy atom. The van der Waals surface area contributed by atoms with Crippen LogP contribution >= 0.6 is 11.3 Å². The zero-order chi connectivity index (χ0) is 16.4. The molecule has 1 aliphatic rings. The number of hydrogen-bond donors (Lipinski definition) is 1. The number of nitrogens with zero attached hydrogens (tertiary/aromatic N) is 2. The number of hydrogen-bond acceptors (Lipinski definition) is 4. The predicted octanol–water partition coefficient (Wildman–Crippen LogP) is 2.68. The van der Waals surface area contributed by atoms with E-state index in [1.807, 2.05) is 10.3 Å². The minimum Gasteiger partial charge on any atom is -0.334 e. The van der Waals surface area contributed by atoms with E-state index in [1.165, 1.54) is 23.5 Å². The van der Waals surface area contributed by atoms with Crippen LogP contribution in [0.15, 0.2) is 29.6 Å². The molecule has 3 rings (SSSR count). The molecule has 1 aromatic heterocycles. The average molecular weight is 333 g/mol. The minimum absolute atomic E-state index is 0.0185. The summed E-state index contributed by atoms with van der Waals surface area (Å²) in [5.74, 6) is 0.113. The Kier molecular flexibility index (Phi) is 4.73. The molecule has 2 heterocycles. The van der Waals surface area contributed by atoms with Gasteiger partial charge in [-0.1, -0.05) is 12.1 Å². The monoisotopic (exact) mass is 333 g/mol. The number of thiazole rings is 1. The van der Waals surface area contributed by atoms with Crippen molar-refractivity contribution >= 4 is 17.2 Å². The lowest BCUT2D eigenvalue weighted by atomic mass is 10.1. The van der Waals surface area contributed by atoms with Crippen LogP contribution in [0.4, 0.5) is 4.39 Å². The Labute approximate surface area is 139 Å². The van der Waals surface area contributed by atoms with Gasteiger partial charge in [-0.2, -0.15) is 0 Å². The molecule has 0 aliphatic carbocycles. The molecule has 2 atom stereocenters. The first-order chi connectivity index (χ1) is 11.1. The first-order valence-corrected chi connectivity index (χ1v) is 8.64. The largest absolute Gasteiger partial charge is 0.334 e. The summed E-state index contributed by atoms with van der Waals surface area (Å²) in [7, 11) is 0. The first kappa shape index (κ1) is 16.1. The zero-order valence-corrected chi connectivity index (χ0v) is 13.9. The number of amides is 1. The van der Waals surface area contributed by atoms with Crippen LogP contribution in [0, 0.1) is 11.7 Å². The van der Waals surface area contributed by atoms with Gasteiger partial charge < -0.3 is 10.6 Å². The standard InChI is InChI=1S/C17H20FN3OS/c1-11-6-13(8-19)9-21(11)17(22)15-10-23-16(20-15)7-12-2-4-14(18)5-3-12/h2-5,10-11,13H,6-9,19H2,1H3. The topological polar surface area (TPSA) is 59.2 Å². The lowest BCUT2D eigenvalue weighted by Gasteiger charge is -2.20. The van der Waals surface area contributed by atoms with E-state index in [1.54, 1.807) is 12.1 Å². The zero-order valence-electron chi connectivity index (χ0n) is 13.0. The molecule has 0 saturated carbocycles. The molecule has 0 radical (unpaired) electrons. The van der Waals surface area contributed by atoms with Gasteiger partial charge in [0.05, 0.1) is 5.01 Å². The molecule has 23 heavy (non-hydrogen) atoms. The van der Waals surface area contributed by atoms with Crippen LogP contribution in [0.1, 0.15) is 34.4 Å². The number of carbonyl (C=O) groups excluding carboxylic acids is 1. The van der Waals surface area contributed by atoms with Gasteiger partial charge >= 0.3 is 0 Å². The molecule has 6 heteroatoms. The Balaban J connectivity index is 1.69. The molecular weight excluding hydrogens is 313 g/mol. The lowest BCUT2D eigenvalue weighted by molar-refractivity contribution is 0.0738. The molecule has 1 saturated heterocycles. The number of carbonyl (C=O) groups is 1. The summed E-state index contributed by atoms with van der Waals surface area (Å²) in [6, 6.07) is 6.57. The Morgan fingerprint density at radius 3 is 2.83 bits per heavy atom. The highest BCUT2D eigenvalue weighted by Gasteiger charge is 2.33. The molecule has 2 unspecified atom stereocenters. The first-order valence-electron chi connectivity index (χ1n) is 7.76. The maximum Gasteiger partial charge on any atom is 0.273 e. The number of nitrogens with two attached hydrogens (primary N) is 1. The smallest absolute Gasteiger partial charge is 0.273 e. The van der Waals surface area contributed by atoms with Crippen LogP contribution in [-0.2, 0) is 6.42 Å². The second kappa shape index (κ2) is 6.76. The van der Waals surface area contributed by atoms with Crippen molar-refractivity contribution in [1.82, 2.24) is 9.88 Å². The maximum atomic E-state index is 12.9. The lowest BCUT2D eigenvalue weighted by Crippen LogP contribution is -2.34. The number of aromatic nitrogens is 1. The second-order valence-corrected chi connectivity index (χ2v) is 7.02. The highest BCUT2D eigenvalue weighted by molar-refractivity contribution is 7.09. The van der Waals surface area contributed by atoms with Gasteiger partial charge in [0.25, 0.3) is 5.91 Å². The molecule has 1 amide bonds. The second-order valence-electron chi connectivity index (χ2n) is 6.07. The molecule has 122 valence electrons. The van der Waals surface area contributed by atoms with E-state index in [4.69, 9.17) is 5.73 Å². The van der Waals surface area contributed by atoms with Crippen molar-refractivity contribution in [3.8, 4) is 0 Å². The normalized spacial score (nSPS) is 20.9. The molecule has 4 nitrogen and oxygen atoms in total. The van der Waals surface area contributed by atoms with E-state index in [9.17, 15) is 9.18 Å². The van der Waals surface area contributed by atoms with Crippen molar-refractivity contribution in [2.75, 3.05) is 13.1 Å². The quantitative estimate of drug-likeness (QED) is 0.936. The summed E-state index contributed by atoms with van der Waals surface area (Å²) >= 11 is 1.47. The summed E-state index contributed by atoms with van der Waals surface area (Å²) in [6.45, 7) is 3.38. The van der Waals surface area contributed by atoms with E-state index in [0.717, 1.165) is 17.0 Å². The highest BCUT2D eigenvalue weighted by Crippen LogP contribution is 2.25. The third kappa shape index (κ3) is 3.59. The van der Waals surface area contributed by atoms with Crippen LogP contribution in [-0.4, -0.2) is 34.9 Å². The molecule has 0 spiro atoms. The average Bonchev–Trinajstić information content (AvgIpc) is 3.15. The third-order valence-corrected chi connectivity index (χ3v) is 5.14. The molecule has 2 aromatic rings. The van der Waals surface area contributed by atoms with E-state index in [0.29, 0.717) is 31.1 Å². The minimum atomic E-state index is -0.249. The molecular formula is C17H20FN3OS. The fourth-order valence-corrected chi connectivity index (χ4v) is 3.81. The molecule has 0 bridgehead atoms. The summed E-state index contributed by atoms with van der Waals surface area (Å²) in [6.07, 6.45) is 1.56. The summed E-state index contributed by atoms with van der Waals surface area (Å²) < 4.78 is 12.9. The molecule has 1 fully saturated rings. The van der Waals surface area contributed by atoms with Crippen molar-refractivity contribution < 1.29 is 9.18 Å². The summed E-state index contributed by atoms with van der Waals surface area (Å²) in [5.41, 5.74) is 7.20. The van der Waals surface area contributed by atoms with E-state index in [2.05, 4.69) is 11.9 Å². The van der Waals surface area contributed by atoms with Crippen LogP contribution in [0.5, 0.6) is 0 Å². The Morgan fingerprint density at radius 1 is 1.43 bits per heavy atom. The van der Waals surface area contributed by atoms with Gasteiger partial charge in [0.1, 0.15) is 11.5 Å². The van der Waals surface area contributed by atoms with Crippen LogP contribution < -0.4 is 5.73 Å². The number of halogens is 1. The summed E-state index contributed by atoms with van der Waals surface area (Å²) in [5, 5.41) is 2.67. The van der Waals surface area contributed by atoms with Gasteiger partial charge in [-0.05, 0) is 43.5 Å². The Bertz CT molecular complexity index is 685. The van der Waals surface area contributed by atoms with Gasteiger partial charge in [0.15, 0.2) is 0 Å². The van der Waals surface area contributed by atoms with Crippen molar-refractivity contribution in [3.05, 3.63) is 51.7 Å². The molecule has 1 aliphatic heterocycles. The number of rotatable bonds is 4. The van der Waals surface area contributed by atoms with Crippen molar-refractivity contribution in [1.29, 1.82) is 0 Å². The van der Waals surface area contributed by atoms with E-state index >= 15 is 0 Å². The van der Waals surface area contributed by atoms with Crippen LogP contribution in [0.2, 0.25) is 0 Å². The predicted molar refractivity (Wildman–Crippen MR) is 89.0 cm³/mol. The van der Waals surface area contributed by atoms with Crippen LogP contribution in [0.3, 0.4) is 0 Å². The van der Waals surface area contributed by atoms with Crippen molar-refractivity contribution in [2.45, 2.75) is 25.8 Å². The fraction of sp³-hybridized carbons (Fsp3) is 0.412. The SMILES string of the molecule is CC1CC(CN)CN1C(=O)c1csc(Cc2ccc(F)cc2)n1. The van der Waals surface area contributed by atoms with Gasteiger partial charge in [0.2, 0.25) is 0 Å². The van der Waals surface area contributed by atoms with E-state index in [-0.39, 0.29) is 17.8 Å². The van der Waals surface area contributed by atoms with Gasteiger partial charge in [-0.3, -0.25) is 4.79 Å². The number of benzene rings is 1. The molecule has 1 aromatic carbocycles. The van der Waals surface area contributed by atoms with Crippen molar-refractivity contribution in [2.24, 2.45) is 11.7 Å². The van der Waals surface area contributed by atoms with Crippen molar-refractivity contribution in [3.63, 3.8) is 0 Å². The highest BCUT2D eigenvalue weighted by atomic mass is 32.1. The van der Waals surface area contributed by atoms with Gasteiger partial charge in [0, 0.05) is 24.4 Å². The van der Waals surface area contributed by atoms with E-state index < -0.39 is 0 Å². The van der Waals surface area contributed by atoms with Crippen LogP contribution in [0.25, 0.3) is 0 Å². The maximum absolute atomic E-state index is 12.9. The Hall–Kier alpha value is -1.79. The molecule has 2 N–H and O–H groups in total.